The van der Waals surface area contributed by atoms with E-state index in [1.807, 2.05) is 0 Å². The van der Waals surface area contributed by atoms with Gasteiger partial charge in [-0.25, -0.2) is 0 Å². The fraction of sp³-hybridized carbons (Fsp3) is 0. The highest BCUT2D eigenvalue weighted by atomic mass is 32.2. The van der Waals surface area contributed by atoms with Gasteiger partial charge in [0.1, 0.15) is 5.40 Å². The molecule has 0 atom stereocenters. The van der Waals surface area contributed by atoms with Crippen molar-refractivity contribution in [2.45, 2.75) is 0 Å². The van der Waals surface area contributed by atoms with Crippen molar-refractivity contribution in [1.29, 1.82) is 5.26 Å². The van der Waals surface area contributed by atoms with E-state index in [9.17, 15) is 4.79 Å². The SMILES string of the molecule is N#CSC(N)=O. The summed E-state index contributed by atoms with van der Waals surface area (Å²) in [6.07, 6.45) is 0. The van der Waals surface area contributed by atoms with E-state index in [1.165, 1.54) is 5.40 Å². The average Bonchev–Trinajstić information content (AvgIpc) is 1.35. The Hall–Kier alpha value is -0.690. The number of nitrogens with zero attached hydrogens (tertiary/aromatic N) is 1. The molecule has 0 bridgehead atoms. The zero-order valence-electron chi connectivity index (χ0n) is 2.84. The lowest BCUT2D eigenvalue weighted by molar-refractivity contribution is 0.267. The van der Waals surface area contributed by atoms with Gasteiger partial charge in [0.05, 0.1) is 11.8 Å². The summed E-state index contributed by atoms with van der Waals surface area (Å²) in [6.45, 7) is 0. The van der Waals surface area contributed by atoms with Crippen LogP contribution in [0.5, 0.6) is 0 Å². The fourth-order valence-electron chi connectivity index (χ4n) is 0.0450. The molecule has 0 aliphatic rings. The predicted molar refractivity (Wildman–Crippen MR) is 22.8 cm³/mol. The monoisotopic (exact) mass is 102 g/mol. The summed E-state index contributed by atoms with van der Waals surface area (Å²) in [5, 5.41) is 8.50. The summed E-state index contributed by atoms with van der Waals surface area (Å²) in [4.78, 5) is 9.56. The minimum atomic E-state index is -0.655. The Balaban J connectivity index is 3.13. The van der Waals surface area contributed by atoms with Crippen LogP contribution in [0.2, 0.25) is 0 Å². The largest absolute Gasteiger partial charge is 0.360 e. The Morgan fingerprint density at radius 3 is 2.50 bits per heavy atom. The van der Waals surface area contributed by atoms with Gasteiger partial charge in [-0.05, 0) is 0 Å². The molecule has 0 rings (SSSR count). The quantitative estimate of drug-likeness (QED) is 0.446. The minimum Gasteiger partial charge on any atom is -0.360 e. The van der Waals surface area contributed by atoms with E-state index in [0.717, 1.165) is 0 Å². The van der Waals surface area contributed by atoms with E-state index in [1.54, 1.807) is 0 Å². The second-order valence-electron chi connectivity index (χ2n) is 0.512. The van der Waals surface area contributed by atoms with Crippen LogP contribution in [0.1, 0.15) is 0 Å². The van der Waals surface area contributed by atoms with Crippen LogP contribution < -0.4 is 5.73 Å². The second kappa shape index (κ2) is 2.54. The number of nitriles is 1. The number of primary amides is 1. The van der Waals surface area contributed by atoms with E-state index in [4.69, 9.17) is 5.26 Å². The number of thiocyanates is 1. The lowest BCUT2D eigenvalue weighted by Crippen LogP contribution is -1.99. The number of amides is 1. The summed E-state index contributed by atoms with van der Waals surface area (Å²) in [5.41, 5.74) is 4.50. The van der Waals surface area contributed by atoms with Gasteiger partial charge < -0.3 is 5.73 Å². The molecule has 0 aliphatic heterocycles. The van der Waals surface area contributed by atoms with Crippen molar-refractivity contribution >= 4 is 17.0 Å². The molecule has 0 spiro atoms. The molecule has 1 amide bonds. The van der Waals surface area contributed by atoms with Crippen LogP contribution in [0.15, 0.2) is 0 Å². The molecule has 0 aliphatic carbocycles. The minimum absolute atomic E-state index is 0.431. The zero-order valence-corrected chi connectivity index (χ0v) is 3.66. The van der Waals surface area contributed by atoms with Gasteiger partial charge in [0.25, 0.3) is 5.24 Å². The third kappa shape index (κ3) is 3.31. The standard InChI is InChI=1S/C2H2N2OS/c3-1-6-2(4)5/h(H2,4,5). The van der Waals surface area contributed by atoms with Gasteiger partial charge in [0.2, 0.25) is 0 Å². The number of hydrogen-bond donors (Lipinski definition) is 1. The molecule has 0 aromatic carbocycles. The fourth-order valence-corrected chi connectivity index (χ4v) is 0.135. The van der Waals surface area contributed by atoms with Crippen molar-refractivity contribution in [3.63, 3.8) is 0 Å². The molecular weight excluding hydrogens is 100 g/mol. The molecule has 0 aromatic rings. The second-order valence-corrected chi connectivity index (χ2v) is 1.30. The van der Waals surface area contributed by atoms with Crippen molar-refractivity contribution in [3.8, 4) is 5.40 Å². The molecule has 0 heterocycles. The highest BCUT2D eigenvalue weighted by Crippen LogP contribution is 1.90. The van der Waals surface area contributed by atoms with Gasteiger partial charge in [-0.3, -0.25) is 4.79 Å². The van der Waals surface area contributed by atoms with Crippen LogP contribution in [0.3, 0.4) is 0 Å². The smallest absolute Gasteiger partial charge is 0.291 e. The Kier molecular flexibility index (Phi) is 2.25. The predicted octanol–water partition coefficient (Wildman–Crippen LogP) is 0.279. The Morgan fingerprint density at radius 2 is 2.50 bits per heavy atom. The molecule has 0 unspecified atom stereocenters. The lowest BCUT2D eigenvalue weighted by atomic mass is 11.5. The molecule has 0 saturated heterocycles. The van der Waals surface area contributed by atoms with Crippen LogP contribution in [0, 0.1) is 10.7 Å². The number of nitrogens with two attached hydrogens (primary N) is 1. The maximum Gasteiger partial charge on any atom is 0.291 e. The number of thioether (sulfide) groups is 1. The van der Waals surface area contributed by atoms with E-state index < -0.39 is 5.24 Å². The van der Waals surface area contributed by atoms with Gasteiger partial charge in [-0.15, -0.1) is 0 Å². The normalized spacial score (nSPS) is 6.50. The molecule has 3 nitrogen and oxygen atoms in total. The van der Waals surface area contributed by atoms with Crippen LogP contribution in [-0.4, -0.2) is 5.24 Å². The van der Waals surface area contributed by atoms with Gasteiger partial charge in [0, 0.05) is 0 Å². The summed E-state index contributed by atoms with van der Waals surface area (Å²) in [7, 11) is 0. The van der Waals surface area contributed by atoms with Gasteiger partial charge in [-0.2, -0.15) is 5.26 Å². The van der Waals surface area contributed by atoms with Gasteiger partial charge in [0.15, 0.2) is 0 Å². The molecule has 32 valence electrons. The van der Waals surface area contributed by atoms with Crippen molar-refractivity contribution in [3.05, 3.63) is 0 Å². The Bertz CT molecular complexity index is 94.2. The topological polar surface area (TPSA) is 66.9 Å². The molecule has 4 heteroatoms. The number of carbonyl (C=O) groups is 1. The van der Waals surface area contributed by atoms with E-state index in [2.05, 4.69) is 5.73 Å². The Labute approximate surface area is 39.1 Å². The first kappa shape index (κ1) is 5.31. The molecule has 0 aromatic heterocycles. The first-order valence-corrected chi connectivity index (χ1v) is 1.94. The van der Waals surface area contributed by atoms with Crippen molar-refractivity contribution in [1.82, 2.24) is 0 Å². The average molecular weight is 102 g/mol. The van der Waals surface area contributed by atoms with E-state index in [0.29, 0.717) is 11.8 Å². The van der Waals surface area contributed by atoms with Crippen LogP contribution in [0.4, 0.5) is 4.79 Å². The van der Waals surface area contributed by atoms with Crippen molar-refractivity contribution < 1.29 is 4.79 Å². The van der Waals surface area contributed by atoms with Crippen molar-refractivity contribution in [2.75, 3.05) is 0 Å². The summed E-state index contributed by atoms with van der Waals surface area (Å²) in [6, 6.07) is 0. The maximum atomic E-state index is 9.56. The third-order valence-electron chi connectivity index (χ3n) is 0.146. The van der Waals surface area contributed by atoms with E-state index in [-0.39, 0.29) is 0 Å². The van der Waals surface area contributed by atoms with Gasteiger partial charge >= 0.3 is 0 Å². The highest BCUT2D eigenvalue weighted by Gasteiger charge is 1.85. The zero-order chi connectivity index (χ0) is 4.99. The highest BCUT2D eigenvalue weighted by molar-refractivity contribution is 8.17. The Morgan fingerprint density at radius 1 is 2.00 bits per heavy atom. The third-order valence-corrected chi connectivity index (χ3v) is 0.439. The first-order chi connectivity index (χ1) is 2.77. The van der Waals surface area contributed by atoms with Crippen LogP contribution in [0.25, 0.3) is 0 Å². The molecule has 6 heavy (non-hydrogen) atoms. The number of rotatable bonds is 0. The van der Waals surface area contributed by atoms with Crippen molar-refractivity contribution in [2.24, 2.45) is 5.73 Å². The summed E-state index contributed by atoms with van der Waals surface area (Å²) < 4.78 is 0. The van der Waals surface area contributed by atoms with Gasteiger partial charge in [-0.1, -0.05) is 0 Å². The summed E-state index contributed by atoms with van der Waals surface area (Å²) >= 11 is 0.431. The molecule has 0 fully saturated rings. The first-order valence-electron chi connectivity index (χ1n) is 1.12. The van der Waals surface area contributed by atoms with Crippen LogP contribution >= 0.6 is 11.8 Å². The maximum absolute atomic E-state index is 9.56. The van der Waals surface area contributed by atoms with E-state index >= 15 is 0 Å². The van der Waals surface area contributed by atoms with Crippen LogP contribution in [-0.2, 0) is 0 Å². The summed E-state index contributed by atoms with van der Waals surface area (Å²) in [5.74, 6) is 0. The lowest BCUT2D eigenvalue weighted by Gasteiger charge is -1.69. The number of carbonyl (C=O) groups excluding carboxylic acids is 1. The molecular formula is C2H2N2OS. The molecule has 2 N–H and O–H groups in total. The molecule has 0 radical (unpaired) electrons. The molecule has 0 saturated carbocycles. The number of hydrogen-bond acceptors (Lipinski definition) is 3.